The van der Waals surface area contributed by atoms with Gasteiger partial charge in [-0.3, -0.25) is 4.79 Å². The third-order valence-electron chi connectivity index (χ3n) is 4.94. The van der Waals surface area contributed by atoms with Gasteiger partial charge in [0.2, 0.25) is 0 Å². The second-order valence-corrected chi connectivity index (χ2v) is 8.32. The molecular weight excluding hydrogens is 463 g/mol. The van der Waals surface area contributed by atoms with E-state index in [0.29, 0.717) is 18.6 Å². The van der Waals surface area contributed by atoms with Gasteiger partial charge < -0.3 is 20.1 Å². The summed E-state index contributed by atoms with van der Waals surface area (Å²) in [6.07, 6.45) is 2.78. The third-order valence-corrected chi connectivity index (χ3v) is 6.30. The van der Waals surface area contributed by atoms with Crippen LogP contribution < -0.4 is 4.74 Å². The molecule has 3 rings (SSSR count). The van der Waals surface area contributed by atoms with E-state index in [4.69, 9.17) is 44.6 Å². The topological polar surface area (TPSA) is 87.0 Å². The number of carboxylic acid groups (broad SMARTS) is 1. The predicted molar refractivity (Wildman–Crippen MR) is 123 cm³/mol. The summed E-state index contributed by atoms with van der Waals surface area (Å²) in [6, 6.07) is 11.3. The Balaban J connectivity index is 1.49. The molecule has 164 valence electrons. The van der Waals surface area contributed by atoms with Crippen molar-refractivity contribution in [1.29, 1.82) is 0 Å². The average Bonchev–Trinajstić information content (AvgIpc) is 2.75. The molecule has 0 aliphatic heterocycles. The molecule has 31 heavy (non-hydrogen) atoms. The number of hydrogen-bond donors (Lipinski definition) is 3. The summed E-state index contributed by atoms with van der Waals surface area (Å²) in [5.41, 5.74) is 1.14. The zero-order chi connectivity index (χ0) is 22.5. The van der Waals surface area contributed by atoms with Gasteiger partial charge in [0.05, 0.1) is 23.1 Å². The van der Waals surface area contributed by atoms with Gasteiger partial charge in [-0.15, -0.1) is 0 Å². The van der Waals surface area contributed by atoms with E-state index in [-0.39, 0.29) is 27.2 Å². The SMILES string of the molecule is O=C(O)Cc1ccc2cc(OCCCCCc3c(O)c(O)c(Cl)c(Cl)c3Cl)ccc2c1. The van der Waals surface area contributed by atoms with Gasteiger partial charge in [-0.1, -0.05) is 59.1 Å². The van der Waals surface area contributed by atoms with Crippen molar-refractivity contribution in [2.75, 3.05) is 6.61 Å². The Hall–Kier alpha value is -2.34. The zero-order valence-electron chi connectivity index (χ0n) is 16.5. The molecule has 0 radical (unpaired) electrons. The van der Waals surface area contributed by atoms with E-state index in [1.165, 1.54) is 0 Å². The van der Waals surface area contributed by atoms with Crippen molar-refractivity contribution in [3.8, 4) is 17.2 Å². The van der Waals surface area contributed by atoms with Crippen LogP contribution in [-0.4, -0.2) is 27.9 Å². The molecule has 3 N–H and O–H groups in total. The molecule has 3 aromatic rings. The van der Waals surface area contributed by atoms with Crippen LogP contribution in [0.4, 0.5) is 0 Å². The molecule has 0 heterocycles. The van der Waals surface area contributed by atoms with Crippen LogP contribution in [0.15, 0.2) is 36.4 Å². The zero-order valence-corrected chi connectivity index (χ0v) is 18.8. The standard InChI is InChI=1S/C23H21Cl3O5/c24-19-17(22(29)23(30)21(26)20(19)25)4-2-1-3-9-31-16-8-7-14-10-13(11-18(27)28)5-6-15(14)12-16/h5-8,10,12,29-30H,1-4,9,11H2,(H,27,28). The van der Waals surface area contributed by atoms with Crippen molar-refractivity contribution < 1.29 is 24.9 Å². The van der Waals surface area contributed by atoms with Gasteiger partial charge in [0.25, 0.3) is 0 Å². The molecule has 0 fully saturated rings. The summed E-state index contributed by atoms with van der Waals surface area (Å²) in [5, 5.41) is 30.7. The third kappa shape index (κ3) is 5.67. The number of aromatic hydroxyl groups is 2. The maximum absolute atomic E-state index is 10.8. The van der Waals surface area contributed by atoms with Gasteiger partial charge in [-0.05, 0) is 54.2 Å². The monoisotopic (exact) mass is 482 g/mol. The summed E-state index contributed by atoms with van der Waals surface area (Å²) < 4.78 is 5.81. The van der Waals surface area contributed by atoms with E-state index in [1.807, 2.05) is 36.4 Å². The number of carboxylic acids is 1. The van der Waals surface area contributed by atoms with Gasteiger partial charge in [-0.25, -0.2) is 0 Å². The van der Waals surface area contributed by atoms with Crippen LogP contribution >= 0.6 is 34.8 Å². The highest BCUT2D eigenvalue weighted by Gasteiger charge is 2.20. The van der Waals surface area contributed by atoms with Crippen molar-refractivity contribution in [3.63, 3.8) is 0 Å². The summed E-state index contributed by atoms with van der Waals surface area (Å²) in [5.74, 6) is -0.902. The number of halogens is 3. The summed E-state index contributed by atoms with van der Waals surface area (Å²) in [6.45, 7) is 0.523. The minimum atomic E-state index is -0.854. The fourth-order valence-electron chi connectivity index (χ4n) is 3.33. The Kier molecular flexibility index (Phi) is 7.76. The van der Waals surface area contributed by atoms with Crippen LogP contribution in [0, 0.1) is 0 Å². The number of phenolic OH excluding ortho intramolecular Hbond substituents is 2. The van der Waals surface area contributed by atoms with Gasteiger partial charge in [0.15, 0.2) is 11.5 Å². The molecule has 0 amide bonds. The molecule has 0 spiro atoms. The van der Waals surface area contributed by atoms with Gasteiger partial charge in [0.1, 0.15) is 10.8 Å². The number of unbranched alkanes of at least 4 members (excludes halogenated alkanes) is 2. The molecule has 5 nitrogen and oxygen atoms in total. The van der Waals surface area contributed by atoms with Crippen LogP contribution in [0.5, 0.6) is 17.2 Å². The largest absolute Gasteiger partial charge is 0.504 e. The molecule has 0 aliphatic rings. The smallest absolute Gasteiger partial charge is 0.307 e. The van der Waals surface area contributed by atoms with Crippen molar-refractivity contribution >= 4 is 51.5 Å². The lowest BCUT2D eigenvalue weighted by Gasteiger charge is -2.12. The number of carbonyl (C=O) groups is 1. The second kappa shape index (κ2) is 10.3. The molecule has 0 saturated heterocycles. The van der Waals surface area contributed by atoms with E-state index in [1.54, 1.807) is 0 Å². The number of phenols is 2. The van der Waals surface area contributed by atoms with Crippen molar-refractivity contribution in [1.82, 2.24) is 0 Å². The Morgan fingerprint density at radius 2 is 1.55 bits per heavy atom. The van der Waals surface area contributed by atoms with Crippen molar-refractivity contribution in [2.24, 2.45) is 0 Å². The van der Waals surface area contributed by atoms with Crippen LogP contribution in [0.1, 0.15) is 30.4 Å². The number of hydrogen-bond acceptors (Lipinski definition) is 4. The number of benzene rings is 3. The first-order valence-corrected chi connectivity index (χ1v) is 10.9. The second-order valence-electron chi connectivity index (χ2n) is 7.19. The Morgan fingerprint density at radius 3 is 2.29 bits per heavy atom. The van der Waals surface area contributed by atoms with E-state index in [0.717, 1.165) is 41.3 Å². The van der Waals surface area contributed by atoms with Crippen LogP contribution in [-0.2, 0) is 17.6 Å². The lowest BCUT2D eigenvalue weighted by Crippen LogP contribution is -2.00. The summed E-state index contributed by atoms with van der Waals surface area (Å²) in [7, 11) is 0. The van der Waals surface area contributed by atoms with Gasteiger partial charge >= 0.3 is 5.97 Å². The Bertz CT molecular complexity index is 1090. The first kappa shape index (κ1) is 23.3. The van der Waals surface area contributed by atoms with Crippen LogP contribution in [0.3, 0.4) is 0 Å². The van der Waals surface area contributed by atoms with Crippen LogP contribution in [0.25, 0.3) is 10.8 Å². The lowest BCUT2D eigenvalue weighted by molar-refractivity contribution is -0.136. The minimum absolute atomic E-state index is 0.000971. The van der Waals surface area contributed by atoms with Gasteiger partial charge in [-0.2, -0.15) is 0 Å². The fraction of sp³-hybridized carbons (Fsp3) is 0.261. The lowest BCUT2D eigenvalue weighted by atomic mass is 10.0. The summed E-state index contributed by atoms with van der Waals surface area (Å²) in [4.78, 5) is 10.8. The molecule has 0 aliphatic carbocycles. The minimum Gasteiger partial charge on any atom is -0.504 e. The van der Waals surface area contributed by atoms with E-state index in [9.17, 15) is 15.0 Å². The molecule has 0 atom stereocenters. The Labute approximate surface area is 194 Å². The number of fused-ring (bicyclic) bond motifs is 1. The number of aliphatic carboxylic acids is 1. The highest BCUT2D eigenvalue weighted by atomic mass is 35.5. The maximum Gasteiger partial charge on any atom is 0.307 e. The van der Waals surface area contributed by atoms with Crippen molar-refractivity contribution in [3.05, 3.63) is 62.6 Å². The molecule has 0 saturated carbocycles. The highest BCUT2D eigenvalue weighted by molar-refractivity contribution is 6.49. The average molecular weight is 484 g/mol. The summed E-state index contributed by atoms with van der Waals surface area (Å²) >= 11 is 17.9. The Morgan fingerprint density at radius 1 is 0.839 bits per heavy atom. The first-order valence-electron chi connectivity index (χ1n) is 9.72. The van der Waals surface area contributed by atoms with Gasteiger partial charge in [0, 0.05) is 5.56 Å². The number of rotatable bonds is 9. The maximum atomic E-state index is 10.8. The molecule has 3 aromatic carbocycles. The molecule has 8 heteroatoms. The van der Waals surface area contributed by atoms with Crippen molar-refractivity contribution in [2.45, 2.75) is 32.1 Å². The molecule has 0 bridgehead atoms. The number of ether oxygens (including phenoxy) is 1. The highest BCUT2D eigenvalue weighted by Crippen LogP contribution is 2.46. The van der Waals surface area contributed by atoms with E-state index in [2.05, 4.69) is 0 Å². The van der Waals surface area contributed by atoms with Crippen LogP contribution in [0.2, 0.25) is 15.1 Å². The molecule has 0 aromatic heterocycles. The molecular formula is C23H21Cl3O5. The molecule has 0 unspecified atom stereocenters. The van der Waals surface area contributed by atoms with E-state index >= 15 is 0 Å². The fourth-order valence-corrected chi connectivity index (χ4v) is 4.04. The quantitative estimate of drug-likeness (QED) is 0.181. The first-order chi connectivity index (χ1) is 14.8. The van der Waals surface area contributed by atoms with E-state index < -0.39 is 11.7 Å². The predicted octanol–water partition coefficient (Wildman–Crippen LogP) is 6.63. The normalized spacial score (nSPS) is 11.1.